The van der Waals surface area contributed by atoms with Crippen molar-refractivity contribution in [2.45, 2.75) is 274 Å². The van der Waals surface area contributed by atoms with E-state index in [2.05, 4.69) is 74.6 Å². The molecule has 0 aromatic rings. The Hall–Kier alpha value is -2.31. The lowest BCUT2D eigenvalue weighted by atomic mass is 9.98. The molecule has 2 heterocycles. The predicted octanol–water partition coefficient (Wildman–Crippen LogP) is 10.1. The van der Waals surface area contributed by atoms with Crippen molar-refractivity contribution in [3.63, 3.8) is 0 Å². The molecule has 2 rings (SSSR count). The molecule has 0 aliphatic carbocycles. The van der Waals surface area contributed by atoms with Gasteiger partial charge in [-0.3, -0.25) is 4.79 Å². The van der Waals surface area contributed by atoms with Crippen LogP contribution in [0.1, 0.15) is 206 Å². The summed E-state index contributed by atoms with van der Waals surface area (Å²) in [7, 11) is 0. The number of rotatable bonds is 46. The van der Waals surface area contributed by atoms with Gasteiger partial charge in [-0.25, -0.2) is 0 Å². The molecule has 2 aliphatic heterocycles. The Morgan fingerprint density at radius 3 is 1.38 bits per heavy atom. The summed E-state index contributed by atoms with van der Waals surface area (Å²) in [5.41, 5.74) is 0. The molecule has 424 valence electrons. The van der Waals surface area contributed by atoms with E-state index in [1.807, 2.05) is 0 Å². The normalized spacial score (nSPS) is 25.4. The third-order valence-corrected chi connectivity index (χ3v) is 13.5. The van der Waals surface area contributed by atoms with Crippen LogP contribution in [0, 0.1) is 0 Å². The monoisotopic (exact) mass is 1040 g/mol. The third kappa shape index (κ3) is 32.8. The standard InChI is InChI=1S/C59H104O14/c1-3-5-7-9-11-13-15-17-19-20-21-22-23-24-25-26-27-28-29-30-32-34-36-38-40-42-51(61)71-48(45-68-43-41-39-37-35-33-31-18-16-14-12-10-8-6-4-2)46-69-58-57(67)55(65)53(63)50(73-58)47-70-59-56(66)54(64)52(62)49(44-60)72-59/h8,10,14-17,20-21,23-24,48-50,52-60,62-67H,3-7,9,11-13,18-19,22,25-47H2,1-2H3/b10-8-,16-14-,17-15-,21-20-,24-23-. The molecule has 14 nitrogen and oxygen atoms in total. The molecule has 0 saturated carbocycles. The van der Waals surface area contributed by atoms with Gasteiger partial charge in [-0.1, -0.05) is 184 Å². The number of unbranched alkanes of at least 4 members (excludes halogenated alkanes) is 22. The van der Waals surface area contributed by atoms with Crippen molar-refractivity contribution >= 4 is 5.97 Å². The summed E-state index contributed by atoms with van der Waals surface area (Å²) in [6.45, 7) is 3.59. The highest BCUT2D eigenvalue weighted by molar-refractivity contribution is 5.69. The summed E-state index contributed by atoms with van der Waals surface area (Å²) in [6.07, 6.45) is 39.9. The van der Waals surface area contributed by atoms with Gasteiger partial charge in [0.1, 0.15) is 54.9 Å². The molecule has 0 amide bonds. The van der Waals surface area contributed by atoms with Crippen LogP contribution in [0.25, 0.3) is 0 Å². The summed E-state index contributed by atoms with van der Waals surface area (Å²) < 4.78 is 34.3. The maximum Gasteiger partial charge on any atom is 0.306 e. The van der Waals surface area contributed by atoms with Gasteiger partial charge in [0.05, 0.1) is 26.4 Å². The summed E-state index contributed by atoms with van der Waals surface area (Å²) in [5.74, 6) is -0.385. The van der Waals surface area contributed by atoms with Crippen molar-refractivity contribution in [3.8, 4) is 0 Å². The van der Waals surface area contributed by atoms with Gasteiger partial charge in [-0.2, -0.15) is 0 Å². The smallest absolute Gasteiger partial charge is 0.306 e. The minimum Gasteiger partial charge on any atom is -0.457 e. The lowest BCUT2D eigenvalue weighted by molar-refractivity contribution is -0.332. The molecule has 2 fully saturated rings. The van der Waals surface area contributed by atoms with E-state index in [1.165, 1.54) is 96.3 Å². The zero-order valence-corrected chi connectivity index (χ0v) is 45.4. The molecular formula is C59H104O14. The van der Waals surface area contributed by atoms with Gasteiger partial charge >= 0.3 is 5.97 Å². The SMILES string of the molecule is CCC/C=C\C/C=C\CCCCCCCCOCC(COC1OC(COC2OC(CO)C(O)C(O)C2O)C(O)C(O)C1O)OC(=O)CCCCCCCCCCCC/C=C\C/C=C\C/C=C\CCCCCCC. The summed E-state index contributed by atoms with van der Waals surface area (Å²) in [6, 6.07) is 0. The number of esters is 1. The van der Waals surface area contributed by atoms with Crippen LogP contribution in [-0.4, -0.2) is 142 Å². The van der Waals surface area contributed by atoms with Crippen molar-refractivity contribution in [3.05, 3.63) is 60.8 Å². The quantitative estimate of drug-likeness (QED) is 0.0172. The second kappa shape index (κ2) is 45.8. The van der Waals surface area contributed by atoms with Crippen LogP contribution in [0.5, 0.6) is 0 Å². The van der Waals surface area contributed by atoms with Crippen molar-refractivity contribution in [2.24, 2.45) is 0 Å². The van der Waals surface area contributed by atoms with Crippen molar-refractivity contribution in [1.29, 1.82) is 0 Å². The van der Waals surface area contributed by atoms with Crippen LogP contribution in [0.15, 0.2) is 60.8 Å². The summed E-state index contributed by atoms with van der Waals surface area (Å²) in [5, 5.41) is 72.3. The fourth-order valence-corrected chi connectivity index (χ4v) is 8.80. The third-order valence-electron chi connectivity index (χ3n) is 13.5. The van der Waals surface area contributed by atoms with E-state index >= 15 is 0 Å². The Morgan fingerprint density at radius 2 is 0.877 bits per heavy atom. The molecule has 0 radical (unpaired) electrons. The van der Waals surface area contributed by atoms with E-state index in [-0.39, 0.29) is 25.6 Å². The molecule has 11 unspecified atom stereocenters. The van der Waals surface area contributed by atoms with E-state index in [0.29, 0.717) is 13.0 Å². The first kappa shape index (κ1) is 66.8. The van der Waals surface area contributed by atoms with Crippen molar-refractivity contribution < 1.29 is 69.0 Å². The Kier molecular flexibility index (Phi) is 42.0. The highest BCUT2D eigenvalue weighted by Crippen LogP contribution is 2.26. The van der Waals surface area contributed by atoms with E-state index in [0.717, 1.165) is 83.5 Å². The number of carbonyl (C=O) groups is 1. The largest absolute Gasteiger partial charge is 0.457 e. The molecule has 2 saturated heterocycles. The van der Waals surface area contributed by atoms with Gasteiger partial charge in [0.25, 0.3) is 0 Å². The van der Waals surface area contributed by atoms with Crippen LogP contribution < -0.4 is 0 Å². The van der Waals surface area contributed by atoms with Gasteiger partial charge in [-0.15, -0.1) is 0 Å². The molecule has 14 heteroatoms. The molecule has 73 heavy (non-hydrogen) atoms. The van der Waals surface area contributed by atoms with Crippen molar-refractivity contribution in [1.82, 2.24) is 0 Å². The van der Waals surface area contributed by atoms with E-state index in [1.54, 1.807) is 0 Å². The Balaban J connectivity index is 1.70. The molecule has 0 aromatic carbocycles. The van der Waals surface area contributed by atoms with Crippen molar-refractivity contribution in [2.75, 3.05) is 33.0 Å². The number of aliphatic hydroxyl groups is 7. The zero-order valence-electron chi connectivity index (χ0n) is 45.4. The number of ether oxygens (including phenoxy) is 6. The molecule has 0 spiro atoms. The minimum absolute atomic E-state index is 0.0509. The highest BCUT2D eigenvalue weighted by Gasteiger charge is 2.47. The Labute approximate surface area is 441 Å². The topological polar surface area (TPSA) is 214 Å². The van der Waals surface area contributed by atoms with Gasteiger partial charge < -0.3 is 64.2 Å². The first-order valence-corrected chi connectivity index (χ1v) is 28.9. The number of allylic oxidation sites excluding steroid dienone is 10. The molecule has 0 aromatic heterocycles. The molecule has 7 N–H and O–H groups in total. The van der Waals surface area contributed by atoms with Crippen LogP contribution in [0.2, 0.25) is 0 Å². The highest BCUT2D eigenvalue weighted by atomic mass is 16.7. The Bertz CT molecular complexity index is 1440. The fourth-order valence-electron chi connectivity index (χ4n) is 8.80. The maximum atomic E-state index is 13.1. The van der Waals surface area contributed by atoms with Gasteiger partial charge in [0.2, 0.25) is 0 Å². The van der Waals surface area contributed by atoms with Gasteiger partial charge in [0, 0.05) is 13.0 Å². The molecular weight excluding hydrogens is 933 g/mol. The number of carbonyl (C=O) groups excluding carboxylic acids is 1. The Morgan fingerprint density at radius 1 is 0.452 bits per heavy atom. The molecule has 11 atom stereocenters. The first-order chi connectivity index (χ1) is 35.6. The molecule has 2 aliphatic rings. The average molecular weight is 1040 g/mol. The lowest BCUT2D eigenvalue weighted by Crippen LogP contribution is -2.61. The lowest BCUT2D eigenvalue weighted by Gasteiger charge is -2.42. The van der Waals surface area contributed by atoms with E-state index in [9.17, 15) is 40.5 Å². The van der Waals surface area contributed by atoms with Gasteiger partial charge in [-0.05, 0) is 77.0 Å². The minimum atomic E-state index is -1.71. The number of hydrogen-bond acceptors (Lipinski definition) is 14. The second-order valence-electron chi connectivity index (χ2n) is 20.1. The number of aliphatic hydroxyl groups excluding tert-OH is 7. The van der Waals surface area contributed by atoms with Crippen LogP contribution >= 0.6 is 0 Å². The maximum absolute atomic E-state index is 13.1. The zero-order chi connectivity index (χ0) is 53.0. The van der Waals surface area contributed by atoms with Gasteiger partial charge in [0.15, 0.2) is 12.6 Å². The van der Waals surface area contributed by atoms with Crippen LogP contribution in [0.4, 0.5) is 0 Å². The summed E-state index contributed by atoms with van der Waals surface area (Å²) >= 11 is 0. The number of hydrogen-bond donors (Lipinski definition) is 7. The average Bonchev–Trinajstić information content (AvgIpc) is 3.39. The van der Waals surface area contributed by atoms with Crippen LogP contribution in [0.3, 0.4) is 0 Å². The predicted molar refractivity (Wildman–Crippen MR) is 289 cm³/mol. The second-order valence-corrected chi connectivity index (χ2v) is 20.1. The van der Waals surface area contributed by atoms with E-state index < -0.39 is 80.7 Å². The molecule has 0 bridgehead atoms. The summed E-state index contributed by atoms with van der Waals surface area (Å²) in [4.78, 5) is 13.1. The first-order valence-electron chi connectivity index (χ1n) is 28.9. The fraction of sp³-hybridized carbons (Fsp3) is 0.814. The van der Waals surface area contributed by atoms with E-state index in [4.69, 9.17) is 28.4 Å². The van der Waals surface area contributed by atoms with Crippen LogP contribution in [-0.2, 0) is 33.2 Å².